The Labute approximate surface area is 126 Å². The van der Waals surface area contributed by atoms with Crippen LogP contribution in [0.5, 0.6) is 0 Å². The third-order valence-electron chi connectivity index (χ3n) is 4.62. The van der Waals surface area contributed by atoms with E-state index in [0.29, 0.717) is 6.04 Å². The molecule has 0 amide bonds. The van der Waals surface area contributed by atoms with E-state index in [2.05, 4.69) is 47.3 Å². The molecule has 114 valence electrons. The molecule has 0 bridgehead atoms. The molecule has 2 unspecified atom stereocenters. The van der Waals surface area contributed by atoms with Gasteiger partial charge >= 0.3 is 0 Å². The quantitative estimate of drug-likeness (QED) is 0.935. The minimum Gasteiger partial charge on any atom is -0.459 e. The summed E-state index contributed by atoms with van der Waals surface area (Å²) in [5, 5.41) is 4.58. The zero-order valence-corrected chi connectivity index (χ0v) is 13.2. The predicted molar refractivity (Wildman–Crippen MR) is 86.5 cm³/mol. The predicted octanol–water partition coefficient (Wildman–Crippen LogP) is 2.33. The van der Waals surface area contributed by atoms with Gasteiger partial charge in [0.25, 0.3) is 0 Å². The Morgan fingerprint density at radius 1 is 1.33 bits per heavy atom. The molecule has 21 heavy (non-hydrogen) atoms. The summed E-state index contributed by atoms with van der Waals surface area (Å²) in [5.41, 5.74) is 0.972. The van der Waals surface area contributed by atoms with Crippen LogP contribution in [-0.4, -0.2) is 56.1 Å². The highest BCUT2D eigenvalue weighted by Gasteiger charge is 2.24. The van der Waals surface area contributed by atoms with Gasteiger partial charge in [0.1, 0.15) is 11.3 Å². The maximum atomic E-state index is 6.01. The van der Waals surface area contributed by atoms with Crippen LogP contribution in [0.4, 0.5) is 0 Å². The summed E-state index contributed by atoms with van der Waals surface area (Å²) in [6.07, 6.45) is 0. The van der Waals surface area contributed by atoms with Crippen molar-refractivity contribution in [2.24, 2.45) is 0 Å². The first-order valence-corrected chi connectivity index (χ1v) is 7.75. The molecule has 4 nitrogen and oxygen atoms in total. The summed E-state index contributed by atoms with van der Waals surface area (Å²) in [5.74, 6) is 1.03. The minimum atomic E-state index is 0.244. The van der Waals surface area contributed by atoms with E-state index in [1.807, 2.05) is 19.2 Å². The number of likely N-dealkylation sites (N-methyl/N-ethyl adjacent to an activating group) is 2. The molecule has 2 aromatic rings. The fraction of sp³-hybridized carbons (Fsp3) is 0.529. The van der Waals surface area contributed by atoms with Crippen molar-refractivity contribution in [3.63, 3.8) is 0 Å². The maximum Gasteiger partial charge on any atom is 0.134 e. The van der Waals surface area contributed by atoms with E-state index in [-0.39, 0.29) is 6.04 Å². The van der Waals surface area contributed by atoms with Gasteiger partial charge in [-0.05, 0) is 33.2 Å². The van der Waals surface area contributed by atoms with Crippen LogP contribution in [0.2, 0.25) is 0 Å². The lowest BCUT2D eigenvalue weighted by molar-refractivity contribution is 0.0956. The second-order valence-corrected chi connectivity index (χ2v) is 6.12. The highest BCUT2D eigenvalue weighted by atomic mass is 16.3. The second-order valence-electron chi connectivity index (χ2n) is 6.12. The van der Waals surface area contributed by atoms with E-state index in [0.717, 1.165) is 37.5 Å². The molecular formula is C17H25N3O. The number of benzene rings is 1. The summed E-state index contributed by atoms with van der Waals surface area (Å²) >= 11 is 0. The molecule has 3 rings (SSSR count). The molecule has 1 aliphatic rings. The van der Waals surface area contributed by atoms with Crippen LogP contribution in [0.25, 0.3) is 11.0 Å². The molecular weight excluding hydrogens is 262 g/mol. The van der Waals surface area contributed by atoms with Crippen molar-refractivity contribution >= 4 is 11.0 Å². The number of rotatable bonds is 4. The van der Waals surface area contributed by atoms with Crippen LogP contribution in [0.15, 0.2) is 34.7 Å². The van der Waals surface area contributed by atoms with Crippen LogP contribution >= 0.6 is 0 Å². The van der Waals surface area contributed by atoms with Crippen molar-refractivity contribution in [2.45, 2.75) is 19.0 Å². The number of furan rings is 1. The summed E-state index contributed by atoms with van der Waals surface area (Å²) in [4.78, 5) is 4.95. The van der Waals surface area contributed by atoms with Gasteiger partial charge in [0, 0.05) is 37.6 Å². The molecule has 0 spiro atoms. The van der Waals surface area contributed by atoms with Gasteiger partial charge in [-0.2, -0.15) is 0 Å². The lowest BCUT2D eigenvalue weighted by atomic mass is 10.1. The molecule has 1 N–H and O–H groups in total. The van der Waals surface area contributed by atoms with E-state index in [4.69, 9.17) is 4.42 Å². The zero-order chi connectivity index (χ0) is 14.8. The molecule has 4 heteroatoms. The Morgan fingerprint density at radius 3 is 2.86 bits per heavy atom. The number of nitrogens with zero attached hydrogens (tertiary/aromatic N) is 2. The highest BCUT2D eigenvalue weighted by molar-refractivity contribution is 5.77. The fourth-order valence-electron chi connectivity index (χ4n) is 3.05. The highest BCUT2D eigenvalue weighted by Crippen LogP contribution is 2.24. The van der Waals surface area contributed by atoms with Gasteiger partial charge in [0.15, 0.2) is 0 Å². The molecule has 2 heterocycles. The fourth-order valence-corrected chi connectivity index (χ4v) is 3.05. The number of hydrogen-bond acceptors (Lipinski definition) is 4. The number of piperazine rings is 1. The molecule has 0 radical (unpaired) electrons. The molecule has 1 aliphatic heterocycles. The summed E-state index contributed by atoms with van der Waals surface area (Å²) in [6, 6.07) is 11.2. The molecule has 2 atom stereocenters. The van der Waals surface area contributed by atoms with Crippen molar-refractivity contribution in [3.05, 3.63) is 36.1 Å². The average molecular weight is 287 g/mol. The zero-order valence-electron chi connectivity index (χ0n) is 13.2. The van der Waals surface area contributed by atoms with Gasteiger partial charge in [-0.15, -0.1) is 0 Å². The van der Waals surface area contributed by atoms with Crippen LogP contribution < -0.4 is 5.32 Å². The van der Waals surface area contributed by atoms with Gasteiger partial charge in [-0.3, -0.25) is 4.90 Å². The Balaban J connectivity index is 1.72. The summed E-state index contributed by atoms with van der Waals surface area (Å²) < 4.78 is 6.01. The smallest absolute Gasteiger partial charge is 0.134 e. The number of fused-ring (bicyclic) bond motifs is 1. The molecule has 1 aromatic heterocycles. The van der Waals surface area contributed by atoms with Gasteiger partial charge in [-0.25, -0.2) is 0 Å². The van der Waals surface area contributed by atoms with E-state index in [1.54, 1.807) is 0 Å². The first-order chi connectivity index (χ1) is 10.2. The van der Waals surface area contributed by atoms with Gasteiger partial charge in [-0.1, -0.05) is 18.2 Å². The largest absolute Gasteiger partial charge is 0.459 e. The molecule has 1 saturated heterocycles. The van der Waals surface area contributed by atoms with Crippen molar-refractivity contribution in [3.8, 4) is 0 Å². The number of nitrogens with one attached hydrogen (secondary N) is 1. The molecule has 0 saturated carbocycles. The van der Waals surface area contributed by atoms with E-state index < -0.39 is 0 Å². The maximum absolute atomic E-state index is 6.01. The first-order valence-electron chi connectivity index (χ1n) is 7.75. The number of hydrogen-bond donors (Lipinski definition) is 1. The van der Waals surface area contributed by atoms with Gasteiger partial charge in [0.2, 0.25) is 0 Å². The normalized spacial score (nSPS) is 22.7. The second kappa shape index (κ2) is 6.18. The summed E-state index contributed by atoms with van der Waals surface area (Å²) in [7, 11) is 4.22. The van der Waals surface area contributed by atoms with Gasteiger partial charge in [0.05, 0.1) is 6.04 Å². The van der Waals surface area contributed by atoms with Crippen molar-refractivity contribution in [2.75, 3.05) is 40.3 Å². The third-order valence-corrected chi connectivity index (χ3v) is 4.62. The van der Waals surface area contributed by atoms with Crippen LogP contribution in [0, 0.1) is 0 Å². The monoisotopic (exact) mass is 287 g/mol. The van der Waals surface area contributed by atoms with Crippen molar-refractivity contribution < 1.29 is 4.42 Å². The lowest BCUT2D eigenvalue weighted by Gasteiger charge is -2.38. The molecule has 0 aliphatic carbocycles. The Kier molecular flexibility index (Phi) is 4.29. The first kappa shape index (κ1) is 14.6. The molecule has 1 fully saturated rings. The topological polar surface area (TPSA) is 31.6 Å². The van der Waals surface area contributed by atoms with Crippen LogP contribution in [-0.2, 0) is 0 Å². The van der Waals surface area contributed by atoms with E-state index in [9.17, 15) is 0 Å². The Hall–Kier alpha value is -1.36. The lowest BCUT2D eigenvalue weighted by Crippen LogP contribution is -2.51. The van der Waals surface area contributed by atoms with Gasteiger partial charge < -0.3 is 14.6 Å². The van der Waals surface area contributed by atoms with Crippen molar-refractivity contribution in [1.82, 2.24) is 15.1 Å². The third kappa shape index (κ3) is 3.12. The van der Waals surface area contributed by atoms with E-state index in [1.165, 1.54) is 5.39 Å². The summed E-state index contributed by atoms with van der Waals surface area (Å²) in [6.45, 7) is 6.67. The standard InChI is InChI=1S/C17H25N3O/c1-13-11-20(9-8-19(13)3)12-15(18-2)17-10-14-6-4-5-7-16(14)21-17/h4-7,10,13,15,18H,8-9,11-12H2,1-3H3. The van der Waals surface area contributed by atoms with Crippen molar-refractivity contribution in [1.29, 1.82) is 0 Å². The van der Waals surface area contributed by atoms with Crippen LogP contribution in [0.3, 0.4) is 0 Å². The Morgan fingerprint density at radius 2 is 2.14 bits per heavy atom. The van der Waals surface area contributed by atoms with Crippen LogP contribution in [0.1, 0.15) is 18.7 Å². The number of para-hydroxylation sites is 1. The minimum absolute atomic E-state index is 0.244. The molecule has 1 aromatic carbocycles. The van der Waals surface area contributed by atoms with E-state index >= 15 is 0 Å². The Bertz CT molecular complexity index is 561. The SMILES string of the molecule is CNC(CN1CCN(C)C(C)C1)c1cc2ccccc2o1. The average Bonchev–Trinajstić information content (AvgIpc) is 2.92.